The molecule has 1 amide bonds. The zero-order chi connectivity index (χ0) is 11.8. The molecule has 0 aromatic heterocycles. The third-order valence-electron chi connectivity index (χ3n) is 3.19. The minimum atomic E-state index is 0. The van der Waals surface area contributed by atoms with Crippen LogP contribution in [0.15, 0.2) is 0 Å². The Labute approximate surface area is 110 Å². The molecule has 1 heterocycles. The first kappa shape index (κ1) is 16.7. The van der Waals surface area contributed by atoms with Crippen LogP contribution < -0.4 is 10.6 Å². The number of hydrogen-bond donors (Lipinski definition) is 2. The number of hydrogen-bond acceptors (Lipinski definition) is 3. The molecule has 1 aliphatic rings. The van der Waals surface area contributed by atoms with Crippen molar-refractivity contribution >= 4 is 18.3 Å². The van der Waals surface area contributed by atoms with Gasteiger partial charge in [0.15, 0.2) is 0 Å². The number of nitrogens with one attached hydrogen (secondary N) is 2. The summed E-state index contributed by atoms with van der Waals surface area (Å²) in [7, 11) is 1.91. The van der Waals surface area contributed by atoms with E-state index in [0.29, 0.717) is 12.3 Å². The maximum atomic E-state index is 11.6. The topological polar surface area (TPSA) is 50.4 Å². The monoisotopic (exact) mass is 264 g/mol. The molecule has 102 valence electrons. The smallest absolute Gasteiger partial charge is 0.220 e. The SMILES string of the molecule is CNCCCC(=O)NC(C)C1CCOCC1.Cl. The number of rotatable bonds is 6. The summed E-state index contributed by atoms with van der Waals surface area (Å²) in [6, 6.07) is 0.283. The summed E-state index contributed by atoms with van der Waals surface area (Å²) in [5.74, 6) is 0.760. The highest BCUT2D eigenvalue weighted by Gasteiger charge is 2.21. The molecule has 1 saturated heterocycles. The van der Waals surface area contributed by atoms with Crippen molar-refractivity contribution in [2.45, 2.75) is 38.6 Å². The highest BCUT2D eigenvalue weighted by molar-refractivity contribution is 5.85. The summed E-state index contributed by atoms with van der Waals surface area (Å²) in [4.78, 5) is 11.6. The van der Waals surface area contributed by atoms with Crippen LogP contribution in [0.1, 0.15) is 32.6 Å². The van der Waals surface area contributed by atoms with Crippen LogP contribution in [0.5, 0.6) is 0 Å². The number of halogens is 1. The van der Waals surface area contributed by atoms with E-state index in [1.807, 2.05) is 7.05 Å². The average molecular weight is 265 g/mol. The van der Waals surface area contributed by atoms with Crippen molar-refractivity contribution in [1.29, 1.82) is 0 Å². The van der Waals surface area contributed by atoms with E-state index in [9.17, 15) is 4.79 Å². The molecule has 1 atom stereocenters. The van der Waals surface area contributed by atoms with Gasteiger partial charge in [-0.2, -0.15) is 0 Å². The Morgan fingerprint density at radius 3 is 2.65 bits per heavy atom. The lowest BCUT2D eigenvalue weighted by Gasteiger charge is -2.28. The zero-order valence-electron chi connectivity index (χ0n) is 10.8. The van der Waals surface area contributed by atoms with E-state index >= 15 is 0 Å². The summed E-state index contributed by atoms with van der Waals surface area (Å²) in [5.41, 5.74) is 0. The Bertz CT molecular complexity index is 209. The van der Waals surface area contributed by atoms with Gasteiger partial charge < -0.3 is 15.4 Å². The molecule has 0 radical (unpaired) electrons. The van der Waals surface area contributed by atoms with Crippen molar-refractivity contribution in [1.82, 2.24) is 10.6 Å². The number of ether oxygens (including phenoxy) is 1. The van der Waals surface area contributed by atoms with Crippen molar-refractivity contribution < 1.29 is 9.53 Å². The largest absolute Gasteiger partial charge is 0.381 e. The maximum absolute atomic E-state index is 11.6. The molecule has 4 nitrogen and oxygen atoms in total. The fourth-order valence-corrected chi connectivity index (χ4v) is 2.09. The summed E-state index contributed by atoms with van der Waals surface area (Å²) in [6.07, 6.45) is 3.66. The first-order chi connectivity index (χ1) is 7.74. The van der Waals surface area contributed by atoms with Crippen LogP contribution in [0.3, 0.4) is 0 Å². The van der Waals surface area contributed by atoms with Crippen molar-refractivity contribution in [3.05, 3.63) is 0 Å². The molecule has 1 fully saturated rings. The van der Waals surface area contributed by atoms with Crippen LogP contribution >= 0.6 is 12.4 Å². The average Bonchev–Trinajstić information content (AvgIpc) is 2.30. The molecule has 1 aliphatic heterocycles. The minimum Gasteiger partial charge on any atom is -0.381 e. The molecule has 0 aromatic rings. The van der Waals surface area contributed by atoms with Crippen molar-refractivity contribution in [2.24, 2.45) is 5.92 Å². The van der Waals surface area contributed by atoms with Gasteiger partial charge in [-0.1, -0.05) is 0 Å². The standard InChI is InChI=1S/C12H24N2O2.ClH/c1-10(11-5-8-16-9-6-11)14-12(15)4-3-7-13-2;/h10-11,13H,3-9H2,1-2H3,(H,14,15);1H. The molecule has 0 bridgehead atoms. The molecule has 1 unspecified atom stereocenters. The quantitative estimate of drug-likeness (QED) is 0.712. The Hall–Kier alpha value is -0.320. The number of carbonyl (C=O) groups is 1. The fourth-order valence-electron chi connectivity index (χ4n) is 2.09. The van der Waals surface area contributed by atoms with Gasteiger partial charge in [-0.05, 0) is 45.7 Å². The third-order valence-corrected chi connectivity index (χ3v) is 3.19. The molecule has 0 saturated carbocycles. The Balaban J connectivity index is 0.00000256. The predicted octanol–water partition coefficient (Wildman–Crippen LogP) is 1.34. The van der Waals surface area contributed by atoms with E-state index in [4.69, 9.17) is 4.74 Å². The van der Waals surface area contributed by atoms with Crippen LogP contribution in [0, 0.1) is 5.92 Å². The highest BCUT2D eigenvalue weighted by atomic mass is 35.5. The first-order valence-electron chi connectivity index (χ1n) is 6.25. The Kier molecular flexibility index (Phi) is 9.50. The van der Waals surface area contributed by atoms with E-state index in [0.717, 1.165) is 39.0 Å². The first-order valence-corrected chi connectivity index (χ1v) is 6.25. The van der Waals surface area contributed by atoms with Crippen molar-refractivity contribution in [3.8, 4) is 0 Å². The van der Waals surface area contributed by atoms with Gasteiger partial charge in [0, 0.05) is 25.7 Å². The predicted molar refractivity (Wildman–Crippen MR) is 71.6 cm³/mol. The van der Waals surface area contributed by atoms with Gasteiger partial charge in [-0.3, -0.25) is 4.79 Å². The van der Waals surface area contributed by atoms with Gasteiger partial charge in [-0.25, -0.2) is 0 Å². The normalized spacial score (nSPS) is 18.2. The van der Waals surface area contributed by atoms with Gasteiger partial charge in [0.2, 0.25) is 5.91 Å². The van der Waals surface area contributed by atoms with Gasteiger partial charge in [0.25, 0.3) is 0 Å². The minimum absolute atomic E-state index is 0. The van der Waals surface area contributed by atoms with E-state index in [1.165, 1.54) is 0 Å². The van der Waals surface area contributed by atoms with Gasteiger partial charge in [-0.15, -0.1) is 12.4 Å². The summed E-state index contributed by atoms with van der Waals surface area (Å²) >= 11 is 0. The Morgan fingerprint density at radius 1 is 1.41 bits per heavy atom. The lowest BCUT2D eigenvalue weighted by molar-refractivity contribution is -0.122. The summed E-state index contributed by atoms with van der Waals surface area (Å²) < 4.78 is 5.31. The summed E-state index contributed by atoms with van der Waals surface area (Å²) in [5, 5.41) is 6.13. The molecular formula is C12H25ClN2O2. The van der Waals surface area contributed by atoms with Crippen molar-refractivity contribution in [3.63, 3.8) is 0 Å². The molecule has 0 aromatic carbocycles. The lowest BCUT2D eigenvalue weighted by Crippen LogP contribution is -2.40. The van der Waals surface area contributed by atoms with Crippen LogP contribution in [0.25, 0.3) is 0 Å². The van der Waals surface area contributed by atoms with E-state index in [-0.39, 0.29) is 24.4 Å². The third kappa shape index (κ3) is 6.86. The van der Waals surface area contributed by atoms with Crippen LogP contribution in [-0.2, 0) is 9.53 Å². The molecule has 0 aliphatic carbocycles. The maximum Gasteiger partial charge on any atom is 0.220 e. The van der Waals surface area contributed by atoms with Crippen LogP contribution in [-0.4, -0.2) is 38.8 Å². The molecule has 5 heteroatoms. The number of carbonyl (C=O) groups excluding carboxylic acids is 1. The van der Waals surface area contributed by atoms with E-state index in [2.05, 4.69) is 17.6 Å². The van der Waals surface area contributed by atoms with Crippen molar-refractivity contribution in [2.75, 3.05) is 26.8 Å². The Morgan fingerprint density at radius 2 is 2.06 bits per heavy atom. The lowest BCUT2D eigenvalue weighted by atomic mass is 9.93. The molecular weight excluding hydrogens is 240 g/mol. The molecule has 1 rings (SSSR count). The van der Waals surface area contributed by atoms with Crippen LogP contribution in [0.2, 0.25) is 0 Å². The molecule has 0 spiro atoms. The number of amides is 1. The second-order valence-corrected chi connectivity index (χ2v) is 4.51. The van der Waals surface area contributed by atoms with E-state index in [1.54, 1.807) is 0 Å². The zero-order valence-corrected chi connectivity index (χ0v) is 11.6. The van der Waals surface area contributed by atoms with Gasteiger partial charge >= 0.3 is 0 Å². The molecule has 17 heavy (non-hydrogen) atoms. The highest BCUT2D eigenvalue weighted by Crippen LogP contribution is 2.18. The van der Waals surface area contributed by atoms with Gasteiger partial charge in [0.05, 0.1) is 0 Å². The van der Waals surface area contributed by atoms with Crippen LogP contribution in [0.4, 0.5) is 0 Å². The second-order valence-electron chi connectivity index (χ2n) is 4.51. The summed E-state index contributed by atoms with van der Waals surface area (Å²) in [6.45, 7) is 4.68. The van der Waals surface area contributed by atoms with E-state index < -0.39 is 0 Å². The molecule has 2 N–H and O–H groups in total. The fraction of sp³-hybridized carbons (Fsp3) is 0.917. The second kappa shape index (κ2) is 9.68. The van der Waals surface area contributed by atoms with Gasteiger partial charge in [0.1, 0.15) is 0 Å².